The predicted octanol–water partition coefficient (Wildman–Crippen LogP) is 18.4. The first-order chi connectivity index (χ1) is 34.6. The highest BCUT2D eigenvalue weighted by Crippen LogP contribution is 2.45. The van der Waals surface area contributed by atoms with Crippen molar-refractivity contribution in [3.8, 4) is 22.5 Å². The van der Waals surface area contributed by atoms with E-state index in [1.54, 1.807) is 12.1 Å². The van der Waals surface area contributed by atoms with Gasteiger partial charge in [-0.25, -0.2) is 0 Å². The number of para-hydroxylation sites is 4. The third-order valence-electron chi connectivity index (χ3n) is 13.7. The maximum absolute atomic E-state index is 15.6. The fraction of sp³-hybridized carbons (Fsp3) is 0.0625. The second kappa shape index (κ2) is 17.3. The highest BCUT2D eigenvalue weighted by molar-refractivity contribution is 6.12. The van der Waals surface area contributed by atoms with E-state index in [1.807, 2.05) is 105 Å². The fourth-order valence-electron chi connectivity index (χ4n) is 10.5. The van der Waals surface area contributed by atoms with Gasteiger partial charge in [0.15, 0.2) is 0 Å². The van der Waals surface area contributed by atoms with Crippen molar-refractivity contribution in [1.82, 2.24) is 9.13 Å². The van der Waals surface area contributed by atoms with Gasteiger partial charge in [0.25, 0.3) is 0 Å². The predicted molar refractivity (Wildman–Crippen MR) is 289 cm³/mol. The van der Waals surface area contributed by atoms with Crippen LogP contribution in [0.2, 0.25) is 0 Å². The summed E-state index contributed by atoms with van der Waals surface area (Å²) < 4.78 is 51.1. The molecule has 2 heterocycles. The number of aryl methyl sites for hydroxylation is 3. The van der Waals surface area contributed by atoms with Crippen molar-refractivity contribution in [2.45, 2.75) is 26.9 Å². The first-order valence-corrected chi connectivity index (χ1v) is 23.8. The molecule has 0 saturated carbocycles. The van der Waals surface area contributed by atoms with Crippen LogP contribution < -0.4 is 9.80 Å². The summed E-state index contributed by atoms with van der Waals surface area (Å²) in [5.74, 6) is 0. The minimum atomic E-state index is -4.63. The Balaban J connectivity index is 1.07. The minimum absolute atomic E-state index is 0.111. The molecule has 7 heteroatoms. The largest absolute Gasteiger partial charge is 0.417 e. The standard InChI is InChI=1S/C64H47F3N4/c1-42-24-31-53-55-33-28-51(68(45-16-8-4-9-17-45)46-18-10-5-11-19-46)40-62(55)70(60(53)36-42)49-27-26-44(3)57(38-49)58-39-50(30-35-59(58)64(65,66)67)71-61-37-43(2)25-32-54(61)56-34-29-52(41-63(56)71)69(47-20-12-6-13-21-47)48-22-14-7-15-23-48/h4-41H,1-3H3. The van der Waals surface area contributed by atoms with Gasteiger partial charge >= 0.3 is 6.18 Å². The zero-order valence-corrected chi connectivity index (χ0v) is 39.4. The molecule has 0 atom stereocenters. The third-order valence-corrected chi connectivity index (χ3v) is 13.7. The first-order valence-electron chi connectivity index (χ1n) is 23.8. The molecule has 0 unspecified atom stereocenters. The molecule has 2 aromatic heterocycles. The summed E-state index contributed by atoms with van der Waals surface area (Å²) in [6.45, 7) is 6.02. The van der Waals surface area contributed by atoms with Crippen molar-refractivity contribution in [3.63, 3.8) is 0 Å². The van der Waals surface area contributed by atoms with Gasteiger partial charge in [-0.3, -0.25) is 0 Å². The van der Waals surface area contributed by atoms with Crippen LogP contribution in [0.25, 0.3) is 66.1 Å². The van der Waals surface area contributed by atoms with Crippen LogP contribution in [0, 0.1) is 20.8 Å². The van der Waals surface area contributed by atoms with Crippen LogP contribution in [0.5, 0.6) is 0 Å². The van der Waals surface area contributed by atoms with E-state index in [-0.39, 0.29) is 5.56 Å². The number of alkyl halides is 3. The lowest BCUT2D eigenvalue weighted by atomic mass is 9.94. The number of rotatable bonds is 9. The first kappa shape index (κ1) is 43.5. The van der Waals surface area contributed by atoms with Gasteiger partial charge in [0.1, 0.15) is 0 Å². The second-order valence-electron chi connectivity index (χ2n) is 18.4. The van der Waals surface area contributed by atoms with Crippen LogP contribution >= 0.6 is 0 Å². The van der Waals surface area contributed by atoms with E-state index in [0.717, 1.165) is 100 Å². The van der Waals surface area contributed by atoms with Gasteiger partial charge in [-0.15, -0.1) is 0 Å². The summed E-state index contributed by atoms with van der Waals surface area (Å²) in [6, 6.07) is 77.2. The monoisotopic (exact) mass is 928 g/mol. The van der Waals surface area contributed by atoms with Crippen molar-refractivity contribution in [2.75, 3.05) is 9.80 Å². The summed E-state index contributed by atoms with van der Waals surface area (Å²) in [6.07, 6.45) is -4.63. The van der Waals surface area contributed by atoms with Gasteiger partial charge in [-0.1, -0.05) is 115 Å². The molecule has 12 rings (SSSR count). The van der Waals surface area contributed by atoms with Crippen molar-refractivity contribution < 1.29 is 13.2 Å². The molecule has 0 spiro atoms. The lowest BCUT2D eigenvalue weighted by molar-refractivity contribution is -0.137. The van der Waals surface area contributed by atoms with E-state index >= 15 is 13.2 Å². The summed E-state index contributed by atoms with van der Waals surface area (Å²) in [7, 11) is 0. The quantitative estimate of drug-likeness (QED) is 0.143. The molecule has 0 aliphatic heterocycles. The summed E-state index contributed by atoms with van der Waals surface area (Å²) in [5, 5.41) is 4.12. The van der Waals surface area contributed by atoms with Gasteiger partial charge in [0.2, 0.25) is 0 Å². The number of hydrogen-bond donors (Lipinski definition) is 0. The Hall–Kier alpha value is -8.81. The molecule has 344 valence electrons. The van der Waals surface area contributed by atoms with Gasteiger partial charge in [-0.05, 0) is 164 Å². The SMILES string of the molecule is Cc1ccc2c3ccc(N(c4ccccc4)c4ccccc4)cc3n(-c3ccc(C)c(-c4cc(-n5c6cc(C)ccc6c6ccc(N(c7ccccc7)c7ccccc7)cc65)ccc4C(F)(F)F)c3)c2c1. The molecule has 0 amide bonds. The molecule has 0 aliphatic carbocycles. The highest BCUT2D eigenvalue weighted by Gasteiger charge is 2.35. The van der Waals surface area contributed by atoms with Gasteiger partial charge in [0, 0.05) is 67.0 Å². The lowest BCUT2D eigenvalue weighted by Crippen LogP contribution is -2.10. The van der Waals surface area contributed by atoms with Crippen LogP contribution in [0.1, 0.15) is 22.3 Å². The Kier molecular flexibility index (Phi) is 10.6. The van der Waals surface area contributed by atoms with Gasteiger partial charge in [-0.2, -0.15) is 13.2 Å². The van der Waals surface area contributed by atoms with E-state index in [0.29, 0.717) is 11.3 Å². The molecule has 10 aromatic carbocycles. The Morgan fingerprint density at radius 3 is 1.07 bits per heavy atom. The number of anilines is 6. The van der Waals surface area contributed by atoms with Gasteiger partial charge < -0.3 is 18.9 Å². The topological polar surface area (TPSA) is 16.3 Å². The smallest absolute Gasteiger partial charge is 0.310 e. The highest BCUT2D eigenvalue weighted by atomic mass is 19.4. The number of benzene rings is 10. The van der Waals surface area contributed by atoms with Crippen LogP contribution in [-0.2, 0) is 6.18 Å². The van der Waals surface area contributed by atoms with Crippen molar-refractivity contribution >= 4 is 77.7 Å². The fourth-order valence-corrected chi connectivity index (χ4v) is 10.5. The molecule has 0 saturated heterocycles. The zero-order valence-electron chi connectivity index (χ0n) is 39.4. The summed E-state index contributed by atoms with van der Waals surface area (Å²) in [4.78, 5) is 4.44. The maximum atomic E-state index is 15.6. The number of fused-ring (bicyclic) bond motifs is 6. The van der Waals surface area contributed by atoms with Crippen LogP contribution in [0.3, 0.4) is 0 Å². The van der Waals surface area contributed by atoms with E-state index in [9.17, 15) is 0 Å². The number of aromatic nitrogens is 2. The Morgan fingerprint density at radius 1 is 0.324 bits per heavy atom. The summed E-state index contributed by atoms with van der Waals surface area (Å²) in [5.41, 5.74) is 13.7. The normalized spacial score (nSPS) is 11.8. The Morgan fingerprint density at radius 2 is 0.676 bits per heavy atom. The molecule has 0 radical (unpaired) electrons. The Labute approximate surface area is 410 Å². The van der Waals surface area contributed by atoms with E-state index < -0.39 is 11.7 Å². The average Bonchev–Trinajstić information content (AvgIpc) is 3.88. The molecule has 12 aromatic rings. The van der Waals surface area contributed by atoms with Gasteiger partial charge in [0.05, 0.1) is 27.6 Å². The van der Waals surface area contributed by atoms with Crippen LogP contribution in [-0.4, -0.2) is 9.13 Å². The van der Waals surface area contributed by atoms with Crippen LogP contribution in [0.4, 0.5) is 47.3 Å². The third kappa shape index (κ3) is 7.67. The number of hydrogen-bond acceptors (Lipinski definition) is 2. The van der Waals surface area contributed by atoms with Crippen LogP contribution in [0.15, 0.2) is 231 Å². The van der Waals surface area contributed by atoms with E-state index in [2.05, 4.69) is 147 Å². The van der Waals surface area contributed by atoms with Crippen molar-refractivity contribution in [2.24, 2.45) is 0 Å². The zero-order chi connectivity index (χ0) is 48.4. The molecule has 0 fully saturated rings. The molecule has 4 nitrogen and oxygen atoms in total. The molecule has 0 bridgehead atoms. The molecule has 0 aliphatic rings. The maximum Gasteiger partial charge on any atom is 0.417 e. The van der Waals surface area contributed by atoms with Crippen molar-refractivity contribution in [3.05, 3.63) is 253 Å². The van der Waals surface area contributed by atoms with E-state index in [1.165, 1.54) is 6.07 Å². The van der Waals surface area contributed by atoms with Crippen molar-refractivity contribution in [1.29, 1.82) is 0 Å². The molecular formula is C64H47F3N4. The summed E-state index contributed by atoms with van der Waals surface area (Å²) >= 11 is 0. The molecular weight excluding hydrogens is 882 g/mol. The lowest BCUT2D eigenvalue weighted by Gasteiger charge is -2.25. The second-order valence-corrected chi connectivity index (χ2v) is 18.4. The minimum Gasteiger partial charge on any atom is -0.310 e. The number of nitrogens with zero attached hydrogens (tertiary/aromatic N) is 4. The number of halogens is 3. The molecule has 71 heavy (non-hydrogen) atoms. The van der Waals surface area contributed by atoms with E-state index in [4.69, 9.17) is 0 Å². The average molecular weight is 929 g/mol. The molecule has 0 N–H and O–H groups in total. The Bertz CT molecular complexity index is 3870.